The van der Waals surface area contributed by atoms with Gasteiger partial charge in [-0.2, -0.15) is 0 Å². The number of aromatic nitrogens is 1. The van der Waals surface area contributed by atoms with E-state index in [0.29, 0.717) is 59.6 Å². The number of nitrogens with one attached hydrogen (secondary N) is 2. The first-order chi connectivity index (χ1) is 22.7. The molecular weight excluding hydrogens is 605 g/mol. The summed E-state index contributed by atoms with van der Waals surface area (Å²) in [6, 6.07) is 18.1. The first kappa shape index (κ1) is 31.7. The maximum absolute atomic E-state index is 14.0. The minimum Gasteiger partial charge on any atom is -0.493 e. The summed E-state index contributed by atoms with van der Waals surface area (Å²) < 4.78 is 32.0. The van der Waals surface area contributed by atoms with Crippen molar-refractivity contribution in [2.45, 2.75) is 25.7 Å². The highest BCUT2D eigenvalue weighted by atomic mass is 19.1. The lowest BCUT2D eigenvalue weighted by Gasteiger charge is -2.31. The Morgan fingerprint density at radius 1 is 0.957 bits per heavy atom. The van der Waals surface area contributed by atoms with Gasteiger partial charge >= 0.3 is 0 Å². The van der Waals surface area contributed by atoms with Gasteiger partial charge in [-0.1, -0.05) is 12.1 Å². The summed E-state index contributed by atoms with van der Waals surface area (Å²) in [6.45, 7) is 2.40. The van der Waals surface area contributed by atoms with Gasteiger partial charge < -0.3 is 30.6 Å². The maximum atomic E-state index is 14.0. The summed E-state index contributed by atoms with van der Waals surface area (Å²) in [7, 11) is 1.58. The molecule has 2 fully saturated rings. The van der Waals surface area contributed by atoms with Crippen LogP contribution in [0.2, 0.25) is 0 Å². The number of carbonyl (C=O) groups is 3. The quantitative estimate of drug-likeness (QED) is 0.181. The molecule has 244 valence electrons. The Morgan fingerprint density at radius 3 is 2.36 bits per heavy atom. The predicted molar refractivity (Wildman–Crippen MR) is 174 cm³/mol. The molecule has 3 aromatic carbocycles. The standard InChI is InChI=1S/C35H36FN5O6/c1-45-30-18-25-28(19-31(30)46-21-22-11-16-41(17-12-22)20-32(37)42)38-15-10-29(25)47-24-8-6-23(7-9-24)39-33(43)35(13-14-35)34(44)40-27-5-3-2-4-26(27)36/h2-10,15,18-19,22H,11-14,16-17,20-21H2,1H3,(H2,37,42)(H,39,43)(H,40,44). The van der Waals surface area contributed by atoms with Crippen molar-refractivity contribution in [1.29, 1.82) is 0 Å². The molecule has 2 aliphatic rings. The van der Waals surface area contributed by atoms with E-state index in [9.17, 15) is 18.8 Å². The molecule has 12 heteroatoms. The molecule has 0 unspecified atom stereocenters. The van der Waals surface area contributed by atoms with Crippen LogP contribution in [0.3, 0.4) is 0 Å². The number of halogens is 1. The van der Waals surface area contributed by atoms with Crippen molar-refractivity contribution in [3.8, 4) is 23.0 Å². The van der Waals surface area contributed by atoms with E-state index in [2.05, 4.69) is 20.5 Å². The number of primary amides is 1. The fraction of sp³-hybridized carbons (Fsp3) is 0.314. The van der Waals surface area contributed by atoms with Gasteiger partial charge in [0.1, 0.15) is 22.7 Å². The molecule has 3 amide bonds. The van der Waals surface area contributed by atoms with Gasteiger partial charge in [0.2, 0.25) is 17.7 Å². The molecular formula is C35H36FN5O6. The van der Waals surface area contributed by atoms with Gasteiger partial charge in [-0.05, 0) is 93.2 Å². The van der Waals surface area contributed by atoms with Gasteiger partial charge in [-0.25, -0.2) is 4.39 Å². The van der Waals surface area contributed by atoms with Gasteiger partial charge in [0, 0.05) is 23.3 Å². The van der Waals surface area contributed by atoms with Crippen LogP contribution in [0.4, 0.5) is 15.8 Å². The number of anilines is 2. The zero-order valence-corrected chi connectivity index (χ0v) is 26.0. The average Bonchev–Trinajstić information content (AvgIpc) is 3.88. The van der Waals surface area contributed by atoms with Gasteiger partial charge in [-0.3, -0.25) is 24.3 Å². The van der Waals surface area contributed by atoms with E-state index < -0.39 is 23.0 Å². The predicted octanol–water partition coefficient (Wildman–Crippen LogP) is 5.11. The summed E-state index contributed by atoms with van der Waals surface area (Å²) in [5.41, 5.74) is 5.29. The van der Waals surface area contributed by atoms with Gasteiger partial charge in [0.25, 0.3) is 0 Å². The Bertz CT molecular complexity index is 1790. The van der Waals surface area contributed by atoms with Gasteiger partial charge in [0.15, 0.2) is 11.5 Å². The van der Waals surface area contributed by atoms with Crippen molar-refractivity contribution in [2.75, 3.05) is 44.0 Å². The molecule has 1 saturated heterocycles. The molecule has 47 heavy (non-hydrogen) atoms. The van der Waals surface area contributed by atoms with E-state index in [0.717, 1.165) is 31.3 Å². The number of ether oxygens (including phenoxy) is 3. The van der Waals surface area contributed by atoms with Crippen molar-refractivity contribution < 1.29 is 33.0 Å². The minimum atomic E-state index is -1.24. The second-order valence-corrected chi connectivity index (χ2v) is 11.9. The fourth-order valence-corrected chi connectivity index (χ4v) is 5.70. The highest BCUT2D eigenvalue weighted by Crippen LogP contribution is 2.47. The minimum absolute atomic E-state index is 0.0403. The zero-order valence-electron chi connectivity index (χ0n) is 26.0. The number of fused-ring (bicyclic) bond motifs is 1. The van der Waals surface area contributed by atoms with Gasteiger partial charge in [0.05, 0.1) is 31.5 Å². The maximum Gasteiger partial charge on any atom is 0.240 e. The topological polar surface area (TPSA) is 145 Å². The summed E-state index contributed by atoms with van der Waals surface area (Å²) >= 11 is 0. The molecule has 0 radical (unpaired) electrons. The molecule has 4 N–H and O–H groups in total. The summed E-state index contributed by atoms with van der Waals surface area (Å²) in [5, 5.41) is 6.07. The van der Waals surface area contributed by atoms with Crippen molar-refractivity contribution >= 4 is 40.0 Å². The highest BCUT2D eigenvalue weighted by Gasteiger charge is 2.56. The molecule has 1 saturated carbocycles. The van der Waals surface area contributed by atoms with E-state index in [1.807, 2.05) is 12.1 Å². The van der Waals surface area contributed by atoms with E-state index in [1.54, 1.807) is 49.7 Å². The first-order valence-corrected chi connectivity index (χ1v) is 15.5. The number of rotatable bonds is 12. The molecule has 11 nitrogen and oxygen atoms in total. The van der Waals surface area contributed by atoms with Crippen LogP contribution in [-0.2, 0) is 14.4 Å². The molecule has 0 bridgehead atoms. The third kappa shape index (κ3) is 7.28. The Hall–Kier alpha value is -5.23. The molecule has 2 heterocycles. The SMILES string of the molecule is COc1cc2c(Oc3ccc(NC(=O)C4(C(=O)Nc5ccccc5F)CC4)cc3)ccnc2cc1OCC1CCN(CC(N)=O)CC1. The van der Waals surface area contributed by atoms with Crippen molar-refractivity contribution in [1.82, 2.24) is 9.88 Å². The third-order valence-corrected chi connectivity index (χ3v) is 8.63. The lowest BCUT2D eigenvalue weighted by molar-refractivity contribution is -0.131. The van der Waals surface area contributed by atoms with Crippen LogP contribution in [0.15, 0.2) is 72.9 Å². The lowest BCUT2D eigenvalue weighted by atomic mass is 9.98. The van der Waals surface area contributed by atoms with Crippen LogP contribution < -0.4 is 30.6 Å². The smallest absolute Gasteiger partial charge is 0.240 e. The second-order valence-electron chi connectivity index (χ2n) is 11.9. The van der Waals surface area contributed by atoms with Crippen molar-refractivity contribution in [2.24, 2.45) is 17.1 Å². The summed E-state index contributed by atoms with van der Waals surface area (Å²) in [6.07, 6.45) is 4.23. The van der Waals surface area contributed by atoms with Crippen LogP contribution in [-0.4, -0.2) is 61.0 Å². The summed E-state index contributed by atoms with van der Waals surface area (Å²) in [4.78, 5) is 43.7. The number of nitrogens with two attached hydrogens (primary N) is 1. The van der Waals surface area contributed by atoms with Gasteiger partial charge in [-0.15, -0.1) is 0 Å². The molecule has 4 aromatic rings. The van der Waals surface area contributed by atoms with Crippen LogP contribution in [0.25, 0.3) is 10.9 Å². The zero-order chi connectivity index (χ0) is 33.0. The average molecular weight is 642 g/mol. The number of benzene rings is 3. The van der Waals surface area contributed by atoms with Crippen LogP contribution >= 0.6 is 0 Å². The summed E-state index contributed by atoms with van der Waals surface area (Å²) in [5.74, 6) is 0.708. The van der Waals surface area contributed by atoms with Crippen molar-refractivity contribution in [3.05, 3.63) is 78.7 Å². The number of nitrogens with zero attached hydrogens (tertiary/aromatic N) is 2. The van der Waals surface area contributed by atoms with Crippen molar-refractivity contribution in [3.63, 3.8) is 0 Å². The number of hydrogen-bond donors (Lipinski definition) is 3. The molecule has 1 aliphatic carbocycles. The Morgan fingerprint density at radius 2 is 1.68 bits per heavy atom. The van der Waals surface area contributed by atoms with E-state index in [-0.39, 0.29) is 18.1 Å². The molecule has 0 spiro atoms. The normalized spacial score (nSPS) is 15.9. The molecule has 0 atom stereocenters. The fourth-order valence-electron chi connectivity index (χ4n) is 5.70. The van der Waals surface area contributed by atoms with Crippen LogP contribution in [0, 0.1) is 17.2 Å². The Balaban J connectivity index is 1.08. The number of likely N-dealkylation sites (tertiary alicyclic amines) is 1. The number of piperidine rings is 1. The number of carbonyl (C=O) groups excluding carboxylic acids is 3. The number of hydrogen-bond acceptors (Lipinski definition) is 8. The largest absolute Gasteiger partial charge is 0.493 e. The molecule has 6 rings (SSSR count). The van der Waals surface area contributed by atoms with E-state index in [1.165, 1.54) is 18.2 Å². The lowest BCUT2D eigenvalue weighted by Crippen LogP contribution is -2.40. The van der Waals surface area contributed by atoms with E-state index in [4.69, 9.17) is 19.9 Å². The van der Waals surface area contributed by atoms with Crippen LogP contribution in [0.1, 0.15) is 25.7 Å². The van der Waals surface area contributed by atoms with E-state index >= 15 is 0 Å². The number of pyridine rings is 1. The first-order valence-electron chi connectivity index (χ1n) is 15.5. The number of amides is 3. The number of para-hydroxylation sites is 1. The monoisotopic (exact) mass is 641 g/mol. The second kappa shape index (κ2) is 13.6. The third-order valence-electron chi connectivity index (χ3n) is 8.63. The number of methoxy groups -OCH3 is 1. The molecule has 1 aromatic heterocycles. The Labute approximate surface area is 271 Å². The Kier molecular flexibility index (Phi) is 9.21. The highest BCUT2D eigenvalue weighted by molar-refractivity contribution is 6.17. The molecule has 1 aliphatic heterocycles. The van der Waals surface area contributed by atoms with Crippen LogP contribution in [0.5, 0.6) is 23.0 Å².